The van der Waals surface area contributed by atoms with Crippen LogP contribution in [0, 0.1) is 0 Å². The zero-order valence-corrected chi connectivity index (χ0v) is 14.9. The quantitative estimate of drug-likeness (QED) is 0.519. The standard InChI is InChI=1S/C17H11BrN2O3S/c1-22-12-4-2-3-9-7-13(23-15(9)12)16(21)20-17-19-11-6-5-10(18)8-14(11)24-17/h2-8H,1H3,(H,19,20,21). The number of aromatic nitrogens is 1. The minimum absolute atomic E-state index is 0.218. The number of thiazole rings is 1. The maximum Gasteiger partial charge on any atom is 0.293 e. The molecular weight excluding hydrogens is 392 g/mol. The Morgan fingerprint density at radius 1 is 1.29 bits per heavy atom. The zero-order valence-electron chi connectivity index (χ0n) is 12.5. The van der Waals surface area contributed by atoms with Gasteiger partial charge < -0.3 is 9.15 Å². The molecule has 5 nitrogen and oxygen atoms in total. The zero-order chi connectivity index (χ0) is 16.7. The van der Waals surface area contributed by atoms with Crippen LogP contribution in [0.4, 0.5) is 5.13 Å². The number of hydrogen-bond donors (Lipinski definition) is 1. The normalized spacial score (nSPS) is 11.1. The third kappa shape index (κ3) is 2.65. The highest BCUT2D eigenvalue weighted by Gasteiger charge is 2.16. The van der Waals surface area contributed by atoms with Crippen molar-refractivity contribution >= 4 is 59.5 Å². The van der Waals surface area contributed by atoms with Crippen molar-refractivity contribution in [1.29, 1.82) is 0 Å². The second-order valence-electron chi connectivity index (χ2n) is 5.07. The second-order valence-corrected chi connectivity index (χ2v) is 7.02. The number of hydrogen-bond acceptors (Lipinski definition) is 5. The molecule has 0 radical (unpaired) electrons. The number of para-hydroxylation sites is 1. The van der Waals surface area contributed by atoms with Crippen molar-refractivity contribution in [1.82, 2.24) is 4.98 Å². The van der Waals surface area contributed by atoms with Crippen molar-refractivity contribution in [3.8, 4) is 5.75 Å². The molecule has 0 saturated heterocycles. The highest BCUT2D eigenvalue weighted by molar-refractivity contribution is 9.10. The highest BCUT2D eigenvalue weighted by atomic mass is 79.9. The number of methoxy groups -OCH3 is 1. The van der Waals surface area contributed by atoms with Gasteiger partial charge in [-0.15, -0.1) is 0 Å². The van der Waals surface area contributed by atoms with Crippen molar-refractivity contribution < 1.29 is 13.9 Å². The molecule has 0 aliphatic heterocycles. The minimum atomic E-state index is -0.341. The first-order chi connectivity index (χ1) is 11.6. The molecular formula is C17H11BrN2O3S. The fourth-order valence-corrected chi connectivity index (χ4v) is 3.83. The smallest absolute Gasteiger partial charge is 0.293 e. The fraction of sp³-hybridized carbons (Fsp3) is 0.0588. The Bertz CT molecular complexity index is 1070. The molecule has 4 rings (SSSR count). The summed E-state index contributed by atoms with van der Waals surface area (Å²) in [6, 6.07) is 13.0. The lowest BCUT2D eigenvalue weighted by molar-refractivity contribution is 0.0998. The molecule has 4 aromatic rings. The minimum Gasteiger partial charge on any atom is -0.493 e. The lowest BCUT2D eigenvalue weighted by atomic mass is 10.2. The first-order valence-electron chi connectivity index (χ1n) is 7.08. The SMILES string of the molecule is COc1cccc2cc(C(=O)Nc3nc4ccc(Br)cc4s3)oc12. The molecule has 1 N–H and O–H groups in total. The summed E-state index contributed by atoms with van der Waals surface area (Å²) in [6.07, 6.45) is 0. The largest absolute Gasteiger partial charge is 0.493 e. The molecule has 24 heavy (non-hydrogen) atoms. The van der Waals surface area contributed by atoms with Crippen LogP contribution >= 0.6 is 27.3 Å². The maximum atomic E-state index is 12.4. The van der Waals surface area contributed by atoms with Gasteiger partial charge in [0.25, 0.3) is 5.91 Å². The summed E-state index contributed by atoms with van der Waals surface area (Å²) in [5, 5.41) is 4.13. The monoisotopic (exact) mass is 402 g/mol. The topological polar surface area (TPSA) is 64.4 Å². The number of fused-ring (bicyclic) bond motifs is 2. The van der Waals surface area contributed by atoms with Gasteiger partial charge in [-0.1, -0.05) is 39.4 Å². The number of halogens is 1. The van der Waals surface area contributed by atoms with Gasteiger partial charge in [0.15, 0.2) is 22.2 Å². The third-order valence-electron chi connectivity index (χ3n) is 3.52. The summed E-state index contributed by atoms with van der Waals surface area (Å²) in [7, 11) is 1.57. The van der Waals surface area contributed by atoms with Gasteiger partial charge in [-0.2, -0.15) is 0 Å². The van der Waals surface area contributed by atoms with Gasteiger partial charge in [0, 0.05) is 9.86 Å². The summed E-state index contributed by atoms with van der Waals surface area (Å²) in [4.78, 5) is 16.8. The first-order valence-corrected chi connectivity index (χ1v) is 8.69. The van der Waals surface area contributed by atoms with Gasteiger partial charge in [0.05, 0.1) is 17.3 Å². The lowest BCUT2D eigenvalue weighted by Crippen LogP contribution is -2.10. The summed E-state index contributed by atoms with van der Waals surface area (Å²) in [5.41, 5.74) is 1.39. The summed E-state index contributed by atoms with van der Waals surface area (Å²) in [5.74, 6) is 0.470. The Morgan fingerprint density at radius 3 is 3.00 bits per heavy atom. The van der Waals surface area contributed by atoms with Crippen LogP contribution in [0.5, 0.6) is 5.75 Å². The third-order valence-corrected chi connectivity index (χ3v) is 4.95. The Hall–Kier alpha value is -2.38. The number of rotatable bonds is 3. The van der Waals surface area contributed by atoms with E-state index in [1.807, 2.05) is 30.3 Å². The van der Waals surface area contributed by atoms with E-state index in [1.54, 1.807) is 19.2 Å². The van der Waals surface area contributed by atoms with E-state index in [0.29, 0.717) is 16.5 Å². The van der Waals surface area contributed by atoms with E-state index in [-0.39, 0.29) is 11.7 Å². The molecule has 7 heteroatoms. The van der Waals surface area contributed by atoms with E-state index in [1.165, 1.54) is 11.3 Å². The summed E-state index contributed by atoms with van der Waals surface area (Å²) in [6.45, 7) is 0. The van der Waals surface area contributed by atoms with Crippen molar-refractivity contribution in [3.63, 3.8) is 0 Å². The van der Waals surface area contributed by atoms with Crippen LogP contribution < -0.4 is 10.1 Å². The molecule has 0 aliphatic carbocycles. The average Bonchev–Trinajstić information content (AvgIpc) is 3.17. The van der Waals surface area contributed by atoms with Crippen LogP contribution in [0.2, 0.25) is 0 Å². The van der Waals surface area contributed by atoms with Crippen LogP contribution in [0.3, 0.4) is 0 Å². The molecule has 0 unspecified atom stereocenters. The summed E-state index contributed by atoms with van der Waals surface area (Å²) < 4.78 is 12.9. The van der Waals surface area contributed by atoms with Crippen LogP contribution in [-0.4, -0.2) is 18.0 Å². The van der Waals surface area contributed by atoms with E-state index in [2.05, 4.69) is 26.2 Å². The Kier molecular flexibility index (Phi) is 3.74. The van der Waals surface area contributed by atoms with Gasteiger partial charge >= 0.3 is 0 Å². The first kappa shape index (κ1) is 15.2. The number of ether oxygens (including phenoxy) is 1. The number of nitrogens with zero attached hydrogens (tertiary/aromatic N) is 1. The number of nitrogens with one attached hydrogen (secondary N) is 1. The molecule has 120 valence electrons. The van der Waals surface area contributed by atoms with Crippen LogP contribution in [-0.2, 0) is 0 Å². The number of furan rings is 1. The predicted molar refractivity (Wildman–Crippen MR) is 98.0 cm³/mol. The Labute approximate surface area is 149 Å². The second kappa shape index (κ2) is 5.92. The van der Waals surface area contributed by atoms with Crippen molar-refractivity contribution in [2.45, 2.75) is 0 Å². The number of carbonyl (C=O) groups excluding carboxylic acids is 1. The van der Waals surface area contributed by atoms with Gasteiger partial charge in [0.2, 0.25) is 0 Å². The van der Waals surface area contributed by atoms with Crippen LogP contribution in [0.15, 0.2) is 51.4 Å². The van der Waals surface area contributed by atoms with Crippen molar-refractivity contribution in [3.05, 3.63) is 52.7 Å². The molecule has 1 amide bonds. The molecule has 0 bridgehead atoms. The van der Waals surface area contributed by atoms with Crippen LogP contribution in [0.1, 0.15) is 10.6 Å². The molecule has 0 saturated carbocycles. The predicted octanol–water partition coefficient (Wildman–Crippen LogP) is 5.07. The van der Waals surface area contributed by atoms with Gasteiger partial charge in [-0.25, -0.2) is 4.98 Å². The van der Waals surface area contributed by atoms with E-state index in [0.717, 1.165) is 20.1 Å². The number of carbonyl (C=O) groups is 1. The van der Waals surface area contributed by atoms with Crippen LogP contribution in [0.25, 0.3) is 21.2 Å². The maximum absolute atomic E-state index is 12.4. The Balaban J connectivity index is 1.65. The number of benzene rings is 2. The van der Waals surface area contributed by atoms with Gasteiger partial charge in [-0.3, -0.25) is 10.1 Å². The fourth-order valence-electron chi connectivity index (χ4n) is 2.42. The molecule has 2 aromatic heterocycles. The molecule has 0 atom stereocenters. The van der Waals surface area contributed by atoms with Gasteiger partial charge in [0.1, 0.15) is 0 Å². The van der Waals surface area contributed by atoms with E-state index < -0.39 is 0 Å². The molecule has 2 aromatic carbocycles. The molecule has 0 fully saturated rings. The Morgan fingerprint density at radius 2 is 2.17 bits per heavy atom. The lowest BCUT2D eigenvalue weighted by Gasteiger charge is -1.99. The van der Waals surface area contributed by atoms with E-state index in [9.17, 15) is 4.79 Å². The van der Waals surface area contributed by atoms with Gasteiger partial charge in [-0.05, 0) is 30.3 Å². The molecule has 2 heterocycles. The van der Waals surface area contributed by atoms with Crippen molar-refractivity contribution in [2.75, 3.05) is 12.4 Å². The van der Waals surface area contributed by atoms with E-state index in [4.69, 9.17) is 9.15 Å². The number of anilines is 1. The molecule has 0 aliphatic rings. The van der Waals surface area contributed by atoms with Crippen molar-refractivity contribution in [2.24, 2.45) is 0 Å². The highest BCUT2D eigenvalue weighted by Crippen LogP contribution is 2.31. The van der Waals surface area contributed by atoms with E-state index >= 15 is 0 Å². The molecule has 0 spiro atoms. The summed E-state index contributed by atoms with van der Waals surface area (Å²) >= 11 is 4.84. The average molecular weight is 403 g/mol. The number of amides is 1.